The highest BCUT2D eigenvalue weighted by Crippen LogP contribution is 2.32. The van der Waals surface area contributed by atoms with Crippen LogP contribution >= 0.6 is 0 Å². The molecule has 4 heterocycles. The van der Waals surface area contributed by atoms with Crippen LogP contribution in [0.2, 0.25) is 0 Å². The third-order valence-corrected chi connectivity index (χ3v) is 8.58. The third kappa shape index (κ3) is 5.91. The molecule has 0 radical (unpaired) electrons. The zero-order valence-electron chi connectivity index (χ0n) is 23.6. The van der Waals surface area contributed by atoms with Crippen molar-refractivity contribution in [1.82, 2.24) is 24.6 Å². The molecule has 2 amide bonds. The summed E-state index contributed by atoms with van der Waals surface area (Å²) in [6.07, 6.45) is 5.93. The molecule has 0 aliphatic carbocycles. The first-order valence-corrected chi connectivity index (χ1v) is 14.1. The molecule has 1 saturated heterocycles. The Balaban J connectivity index is 1.46. The second-order valence-corrected chi connectivity index (χ2v) is 11.0. The molecule has 206 valence electrons. The van der Waals surface area contributed by atoms with Crippen LogP contribution in [0.5, 0.6) is 0 Å². The minimum atomic E-state index is 0.0351. The molecule has 2 bridgehead atoms. The third-order valence-electron chi connectivity index (χ3n) is 8.58. The van der Waals surface area contributed by atoms with Crippen LogP contribution in [0.4, 0.5) is 5.69 Å². The highest BCUT2D eigenvalue weighted by atomic mass is 16.2. The number of carbonyl (C=O) groups excluding carboxylic acids is 2. The second kappa shape index (κ2) is 11.7. The van der Waals surface area contributed by atoms with Gasteiger partial charge in [0.05, 0.1) is 11.4 Å². The van der Waals surface area contributed by atoms with Gasteiger partial charge in [-0.25, -0.2) is 0 Å². The average Bonchev–Trinajstić information content (AvgIpc) is 3.40. The van der Waals surface area contributed by atoms with E-state index >= 15 is 0 Å². The molecular weight excluding hydrogens is 488 g/mol. The summed E-state index contributed by atoms with van der Waals surface area (Å²) in [4.78, 5) is 37.8. The number of amides is 2. The topological polar surface area (TPSA) is 74.6 Å². The summed E-state index contributed by atoms with van der Waals surface area (Å²) in [6.45, 7) is 8.29. The first-order chi connectivity index (χ1) is 18.8. The molecule has 0 saturated carbocycles. The summed E-state index contributed by atoms with van der Waals surface area (Å²) in [6, 6.07) is 14.7. The van der Waals surface area contributed by atoms with E-state index in [0.717, 1.165) is 59.7 Å². The first-order valence-electron chi connectivity index (χ1n) is 14.1. The van der Waals surface area contributed by atoms with Gasteiger partial charge in [0.2, 0.25) is 11.8 Å². The lowest BCUT2D eigenvalue weighted by atomic mass is 10.0. The number of para-hydroxylation sites is 1. The van der Waals surface area contributed by atoms with Gasteiger partial charge in [0.1, 0.15) is 0 Å². The molecule has 1 aromatic carbocycles. The summed E-state index contributed by atoms with van der Waals surface area (Å²) in [5, 5.41) is 4.54. The van der Waals surface area contributed by atoms with Crippen molar-refractivity contribution >= 4 is 17.5 Å². The lowest BCUT2D eigenvalue weighted by Gasteiger charge is -2.33. The second-order valence-electron chi connectivity index (χ2n) is 11.0. The molecule has 2 atom stereocenters. The molecular formula is C31H40N6O2. The number of aromatic nitrogens is 3. The van der Waals surface area contributed by atoms with Crippen molar-refractivity contribution in [3.63, 3.8) is 0 Å². The Morgan fingerprint density at radius 2 is 1.77 bits per heavy atom. The molecule has 0 spiro atoms. The number of fused-ring (bicyclic) bond motifs is 3. The van der Waals surface area contributed by atoms with Gasteiger partial charge in [0, 0.05) is 76.2 Å². The maximum Gasteiger partial charge on any atom is 0.223 e. The predicted molar refractivity (Wildman–Crippen MR) is 152 cm³/mol. The molecule has 2 aromatic heterocycles. The summed E-state index contributed by atoms with van der Waals surface area (Å²) in [5.74, 6) is 0.176. The van der Waals surface area contributed by atoms with Crippen LogP contribution in [0.3, 0.4) is 0 Å². The quantitative estimate of drug-likeness (QED) is 0.497. The Bertz CT molecular complexity index is 1320. The number of anilines is 1. The normalized spacial score (nSPS) is 20.0. The summed E-state index contributed by atoms with van der Waals surface area (Å²) >= 11 is 0. The Hall–Kier alpha value is -3.52. The minimum absolute atomic E-state index is 0.0351. The van der Waals surface area contributed by atoms with Crippen LogP contribution in [-0.2, 0) is 36.1 Å². The van der Waals surface area contributed by atoms with Crippen LogP contribution in [0.25, 0.3) is 0 Å². The van der Waals surface area contributed by atoms with Crippen molar-refractivity contribution in [2.75, 3.05) is 18.0 Å². The summed E-state index contributed by atoms with van der Waals surface area (Å²) < 4.78 is 1.89. The number of aryl methyl sites for hydroxylation is 2. The van der Waals surface area contributed by atoms with E-state index < -0.39 is 0 Å². The molecule has 0 N–H and O–H groups in total. The van der Waals surface area contributed by atoms with E-state index in [1.54, 1.807) is 6.92 Å². The Labute approximate surface area is 231 Å². The van der Waals surface area contributed by atoms with Crippen LogP contribution < -0.4 is 4.90 Å². The molecule has 3 aromatic rings. The van der Waals surface area contributed by atoms with Gasteiger partial charge >= 0.3 is 0 Å². The first kappa shape index (κ1) is 27.1. The Morgan fingerprint density at radius 1 is 1.00 bits per heavy atom. The van der Waals surface area contributed by atoms with Gasteiger partial charge in [-0.05, 0) is 68.9 Å². The van der Waals surface area contributed by atoms with E-state index in [0.29, 0.717) is 38.5 Å². The van der Waals surface area contributed by atoms with Gasteiger partial charge < -0.3 is 9.80 Å². The maximum absolute atomic E-state index is 13.9. The molecule has 1 fully saturated rings. The largest absolute Gasteiger partial charge is 0.337 e. The van der Waals surface area contributed by atoms with Crippen LogP contribution in [0.15, 0.2) is 48.7 Å². The van der Waals surface area contributed by atoms with Crippen molar-refractivity contribution < 1.29 is 9.59 Å². The van der Waals surface area contributed by atoms with Crippen molar-refractivity contribution in [3.8, 4) is 0 Å². The number of nitrogens with zero attached hydrogens (tertiary/aromatic N) is 6. The van der Waals surface area contributed by atoms with E-state index in [4.69, 9.17) is 0 Å². The number of carbonyl (C=O) groups is 2. The number of hydrogen-bond donors (Lipinski definition) is 0. The van der Waals surface area contributed by atoms with E-state index in [1.807, 2.05) is 65.0 Å². The Kier molecular flexibility index (Phi) is 8.12. The lowest BCUT2D eigenvalue weighted by molar-refractivity contribution is -0.132. The zero-order chi connectivity index (χ0) is 27.5. The standard InChI is InChI=1S/C31H40N6O2/c1-22-29(23(2)34(4)33-22)14-15-31(39)35-19-25-9-5-6-11-30(25)36(24(3)38)18-16-27-12-13-28(21-35)37(27)20-26-10-7-8-17-32-26/h5-11,17,27-28H,12-16,18-21H2,1-4H3/t27-,28+/m0/s1. The fraction of sp³-hybridized carbons (Fsp3) is 0.484. The van der Waals surface area contributed by atoms with Crippen molar-refractivity contribution in [3.05, 3.63) is 76.9 Å². The number of rotatable bonds is 5. The monoisotopic (exact) mass is 528 g/mol. The minimum Gasteiger partial charge on any atom is -0.337 e. The fourth-order valence-electron chi connectivity index (χ4n) is 6.38. The average molecular weight is 529 g/mol. The molecule has 8 heteroatoms. The molecule has 5 rings (SSSR count). The molecule has 2 aliphatic heterocycles. The van der Waals surface area contributed by atoms with Gasteiger partial charge in [-0.3, -0.25) is 24.2 Å². The number of hydrogen-bond acceptors (Lipinski definition) is 5. The number of pyridine rings is 1. The van der Waals surface area contributed by atoms with Crippen molar-refractivity contribution in [1.29, 1.82) is 0 Å². The number of benzene rings is 1. The lowest BCUT2D eigenvalue weighted by Crippen LogP contribution is -2.45. The Morgan fingerprint density at radius 3 is 2.49 bits per heavy atom. The van der Waals surface area contributed by atoms with E-state index in [1.165, 1.54) is 0 Å². The van der Waals surface area contributed by atoms with Crippen molar-refractivity contribution in [2.24, 2.45) is 7.05 Å². The van der Waals surface area contributed by atoms with Gasteiger partial charge in [-0.15, -0.1) is 0 Å². The van der Waals surface area contributed by atoms with Crippen LogP contribution in [-0.4, -0.2) is 61.6 Å². The highest BCUT2D eigenvalue weighted by Gasteiger charge is 2.36. The predicted octanol–water partition coefficient (Wildman–Crippen LogP) is 4.18. The van der Waals surface area contributed by atoms with E-state index in [2.05, 4.69) is 34.0 Å². The highest BCUT2D eigenvalue weighted by molar-refractivity contribution is 5.92. The van der Waals surface area contributed by atoms with Crippen LogP contribution in [0, 0.1) is 13.8 Å². The smallest absolute Gasteiger partial charge is 0.223 e. The molecule has 2 aliphatic rings. The summed E-state index contributed by atoms with van der Waals surface area (Å²) in [5.41, 5.74) is 6.23. The van der Waals surface area contributed by atoms with Gasteiger partial charge in [-0.2, -0.15) is 5.10 Å². The van der Waals surface area contributed by atoms with Gasteiger partial charge in [0.15, 0.2) is 0 Å². The van der Waals surface area contributed by atoms with Gasteiger partial charge in [0.25, 0.3) is 0 Å². The SMILES string of the molecule is CC(=O)N1CC[C@@H]2CC[C@H](CN(C(=O)CCc3c(C)nn(C)c3C)Cc3ccccc31)N2Cc1ccccn1. The van der Waals surface area contributed by atoms with Crippen molar-refractivity contribution in [2.45, 2.75) is 78.0 Å². The molecule has 39 heavy (non-hydrogen) atoms. The molecule has 0 unspecified atom stereocenters. The fourth-order valence-corrected chi connectivity index (χ4v) is 6.38. The zero-order valence-corrected chi connectivity index (χ0v) is 23.6. The van der Waals surface area contributed by atoms with E-state index in [9.17, 15) is 9.59 Å². The maximum atomic E-state index is 13.9. The summed E-state index contributed by atoms with van der Waals surface area (Å²) in [7, 11) is 1.95. The van der Waals surface area contributed by atoms with Gasteiger partial charge in [-0.1, -0.05) is 24.3 Å². The molecule has 8 nitrogen and oxygen atoms in total. The van der Waals surface area contributed by atoms with E-state index in [-0.39, 0.29) is 17.9 Å². The van der Waals surface area contributed by atoms with Crippen LogP contribution in [0.1, 0.15) is 60.8 Å².